The molecule has 76 valence electrons. The molecule has 0 aliphatic carbocycles. The zero-order valence-corrected chi connectivity index (χ0v) is 9.16. The second kappa shape index (κ2) is 4.36. The Labute approximate surface area is 93.0 Å². The molecule has 2 nitrogen and oxygen atoms in total. The van der Waals surface area contributed by atoms with Crippen LogP contribution in [0.2, 0.25) is 0 Å². The molecule has 0 saturated heterocycles. The number of pyridine rings is 1. The van der Waals surface area contributed by atoms with Crippen molar-refractivity contribution in [2.45, 2.75) is 4.90 Å². The van der Waals surface area contributed by atoms with Crippen LogP contribution in [-0.4, -0.2) is 16.3 Å². The van der Waals surface area contributed by atoms with E-state index in [1.165, 1.54) is 0 Å². The minimum atomic E-state index is 0.285. The van der Waals surface area contributed by atoms with Gasteiger partial charge in [0.25, 0.3) is 0 Å². The first-order valence-electron chi connectivity index (χ1n) is 4.58. The van der Waals surface area contributed by atoms with Crippen molar-refractivity contribution in [1.82, 2.24) is 4.98 Å². The van der Waals surface area contributed by atoms with Crippen molar-refractivity contribution >= 4 is 11.8 Å². The standard InChI is InChI=1S/C12H11NOS/c1-15-12-6-10(7-13-8-12)9-2-4-11(14)5-3-9/h2-8,14H,1H3. The van der Waals surface area contributed by atoms with Gasteiger partial charge in [-0.25, -0.2) is 0 Å². The SMILES string of the molecule is CSc1cncc(-c2ccc(O)cc2)c1. The van der Waals surface area contributed by atoms with Crippen LogP contribution in [0.1, 0.15) is 0 Å². The lowest BCUT2D eigenvalue weighted by molar-refractivity contribution is 0.475. The number of phenolic OH excluding ortho intramolecular Hbond substituents is 1. The van der Waals surface area contributed by atoms with Crippen molar-refractivity contribution in [2.24, 2.45) is 0 Å². The zero-order valence-electron chi connectivity index (χ0n) is 8.34. The molecule has 0 fully saturated rings. The second-order valence-electron chi connectivity index (χ2n) is 3.16. The van der Waals surface area contributed by atoms with E-state index < -0.39 is 0 Å². The average Bonchev–Trinajstić information content (AvgIpc) is 2.30. The monoisotopic (exact) mass is 217 g/mol. The van der Waals surface area contributed by atoms with Crippen LogP contribution >= 0.6 is 11.8 Å². The number of nitrogens with zero attached hydrogens (tertiary/aromatic N) is 1. The maximum Gasteiger partial charge on any atom is 0.115 e. The van der Waals surface area contributed by atoms with Gasteiger partial charge in [-0.05, 0) is 30.0 Å². The lowest BCUT2D eigenvalue weighted by Gasteiger charge is -2.02. The van der Waals surface area contributed by atoms with Crippen LogP contribution in [-0.2, 0) is 0 Å². The molecule has 15 heavy (non-hydrogen) atoms. The van der Waals surface area contributed by atoms with Crippen LogP contribution < -0.4 is 0 Å². The zero-order chi connectivity index (χ0) is 10.7. The molecule has 1 aromatic carbocycles. The third kappa shape index (κ3) is 2.30. The Morgan fingerprint density at radius 2 is 1.80 bits per heavy atom. The first kappa shape index (κ1) is 10.1. The molecular weight excluding hydrogens is 206 g/mol. The van der Waals surface area contributed by atoms with E-state index >= 15 is 0 Å². The molecule has 2 aromatic rings. The van der Waals surface area contributed by atoms with Crippen LogP contribution in [0.3, 0.4) is 0 Å². The van der Waals surface area contributed by atoms with E-state index in [0.29, 0.717) is 0 Å². The normalized spacial score (nSPS) is 10.2. The Hall–Kier alpha value is -1.48. The van der Waals surface area contributed by atoms with E-state index in [0.717, 1.165) is 16.0 Å². The highest BCUT2D eigenvalue weighted by atomic mass is 32.2. The molecule has 1 heterocycles. The van der Waals surface area contributed by atoms with Gasteiger partial charge in [0.15, 0.2) is 0 Å². The molecule has 0 atom stereocenters. The summed E-state index contributed by atoms with van der Waals surface area (Å²) in [6.45, 7) is 0. The molecule has 1 aromatic heterocycles. The van der Waals surface area contributed by atoms with Crippen molar-refractivity contribution in [3.63, 3.8) is 0 Å². The van der Waals surface area contributed by atoms with Crippen LogP contribution in [0.15, 0.2) is 47.6 Å². The van der Waals surface area contributed by atoms with E-state index in [9.17, 15) is 5.11 Å². The second-order valence-corrected chi connectivity index (χ2v) is 4.04. The Kier molecular flexibility index (Phi) is 2.92. The van der Waals surface area contributed by atoms with Crippen molar-refractivity contribution in [3.05, 3.63) is 42.7 Å². The van der Waals surface area contributed by atoms with Crippen LogP contribution in [0, 0.1) is 0 Å². The molecule has 2 rings (SSSR count). The topological polar surface area (TPSA) is 33.1 Å². The molecule has 0 spiro atoms. The van der Waals surface area contributed by atoms with E-state index in [2.05, 4.69) is 11.1 Å². The fraction of sp³-hybridized carbons (Fsp3) is 0.0833. The fourth-order valence-electron chi connectivity index (χ4n) is 1.34. The van der Waals surface area contributed by atoms with Crippen molar-refractivity contribution < 1.29 is 5.11 Å². The molecule has 0 unspecified atom stereocenters. The van der Waals surface area contributed by atoms with Crippen molar-refractivity contribution in [1.29, 1.82) is 0 Å². The highest BCUT2D eigenvalue weighted by Crippen LogP contribution is 2.24. The van der Waals surface area contributed by atoms with Gasteiger partial charge in [-0.15, -0.1) is 11.8 Å². The number of phenols is 1. The molecular formula is C12H11NOS. The van der Waals surface area contributed by atoms with Gasteiger partial charge < -0.3 is 5.11 Å². The molecule has 1 N–H and O–H groups in total. The van der Waals surface area contributed by atoms with Crippen LogP contribution in [0.25, 0.3) is 11.1 Å². The lowest BCUT2D eigenvalue weighted by Crippen LogP contribution is -1.81. The van der Waals surface area contributed by atoms with E-state index in [4.69, 9.17) is 0 Å². The summed E-state index contributed by atoms with van der Waals surface area (Å²) < 4.78 is 0. The third-order valence-corrected chi connectivity index (χ3v) is 2.84. The summed E-state index contributed by atoms with van der Waals surface area (Å²) in [5, 5.41) is 9.18. The summed E-state index contributed by atoms with van der Waals surface area (Å²) in [7, 11) is 0. The largest absolute Gasteiger partial charge is 0.508 e. The predicted octanol–water partition coefficient (Wildman–Crippen LogP) is 3.18. The fourth-order valence-corrected chi connectivity index (χ4v) is 1.75. The summed E-state index contributed by atoms with van der Waals surface area (Å²) in [5.74, 6) is 0.285. The number of hydrogen-bond donors (Lipinski definition) is 1. The maximum absolute atomic E-state index is 9.18. The number of hydrogen-bond acceptors (Lipinski definition) is 3. The van der Waals surface area contributed by atoms with Crippen LogP contribution in [0.5, 0.6) is 5.75 Å². The number of aromatic nitrogens is 1. The van der Waals surface area contributed by atoms with Gasteiger partial charge >= 0.3 is 0 Å². The number of thioether (sulfide) groups is 1. The highest BCUT2D eigenvalue weighted by Gasteiger charge is 1.99. The van der Waals surface area contributed by atoms with Gasteiger partial charge in [-0.3, -0.25) is 4.98 Å². The smallest absolute Gasteiger partial charge is 0.115 e. The quantitative estimate of drug-likeness (QED) is 0.784. The number of benzene rings is 1. The van der Waals surface area contributed by atoms with E-state index in [1.54, 1.807) is 23.9 Å². The van der Waals surface area contributed by atoms with Crippen LogP contribution in [0.4, 0.5) is 0 Å². The summed E-state index contributed by atoms with van der Waals surface area (Å²) in [6.07, 6.45) is 5.69. The average molecular weight is 217 g/mol. The molecule has 0 aliphatic rings. The van der Waals surface area contributed by atoms with E-state index in [-0.39, 0.29) is 5.75 Å². The third-order valence-electron chi connectivity index (χ3n) is 2.15. The highest BCUT2D eigenvalue weighted by molar-refractivity contribution is 7.98. The van der Waals surface area contributed by atoms with Gasteiger partial charge in [-0.2, -0.15) is 0 Å². The van der Waals surface area contributed by atoms with Gasteiger partial charge in [0.2, 0.25) is 0 Å². The Bertz CT molecular complexity index is 453. The van der Waals surface area contributed by atoms with Gasteiger partial charge in [0, 0.05) is 22.9 Å². The summed E-state index contributed by atoms with van der Waals surface area (Å²) in [4.78, 5) is 5.31. The minimum absolute atomic E-state index is 0.285. The molecule has 0 bridgehead atoms. The maximum atomic E-state index is 9.18. The summed E-state index contributed by atoms with van der Waals surface area (Å²) >= 11 is 1.67. The Balaban J connectivity index is 2.40. The van der Waals surface area contributed by atoms with Gasteiger partial charge in [0.05, 0.1) is 0 Å². The summed E-state index contributed by atoms with van der Waals surface area (Å²) in [6, 6.07) is 9.22. The van der Waals surface area contributed by atoms with Gasteiger partial charge in [-0.1, -0.05) is 12.1 Å². The number of aromatic hydroxyl groups is 1. The minimum Gasteiger partial charge on any atom is -0.508 e. The first-order chi connectivity index (χ1) is 7.29. The molecule has 0 amide bonds. The molecule has 0 radical (unpaired) electrons. The van der Waals surface area contributed by atoms with E-state index in [1.807, 2.05) is 30.8 Å². The van der Waals surface area contributed by atoms with Crippen molar-refractivity contribution in [2.75, 3.05) is 6.26 Å². The number of rotatable bonds is 2. The molecule has 3 heteroatoms. The lowest BCUT2D eigenvalue weighted by atomic mass is 10.1. The summed E-state index contributed by atoms with van der Waals surface area (Å²) in [5.41, 5.74) is 2.14. The molecule has 0 aliphatic heterocycles. The van der Waals surface area contributed by atoms with Gasteiger partial charge in [0.1, 0.15) is 5.75 Å². The first-order valence-corrected chi connectivity index (χ1v) is 5.80. The predicted molar refractivity (Wildman–Crippen MR) is 63.1 cm³/mol. The molecule has 0 saturated carbocycles. The Morgan fingerprint density at radius 1 is 1.07 bits per heavy atom. The Morgan fingerprint density at radius 3 is 2.47 bits per heavy atom. The van der Waals surface area contributed by atoms with Crippen molar-refractivity contribution in [3.8, 4) is 16.9 Å².